The predicted octanol–water partition coefficient (Wildman–Crippen LogP) is 6.39. The molecule has 2 N–H and O–H groups in total. The molecule has 0 unspecified atom stereocenters. The van der Waals surface area contributed by atoms with Crippen LogP contribution in [-0.2, 0) is 14.8 Å². The number of rotatable bonds is 7. The first-order chi connectivity index (χ1) is 15.5. The maximum absolute atomic E-state index is 12.8. The molecule has 0 aromatic heterocycles. The molecule has 10 heteroatoms. The van der Waals surface area contributed by atoms with Gasteiger partial charge in [0, 0.05) is 5.69 Å². The Bertz CT molecular complexity index is 1330. The number of anilines is 2. The van der Waals surface area contributed by atoms with E-state index in [0.717, 1.165) is 11.1 Å². The molecular formula is C23H21Cl3N2O4S. The molecular weight excluding hydrogens is 507 g/mol. The number of amides is 1. The molecule has 33 heavy (non-hydrogen) atoms. The minimum atomic E-state index is -3.79. The highest BCUT2D eigenvalue weighted by Gasteiger charge is 2.17. The van der Waals surface area contributed by atoms with Crippen LogP contribution >= 0.6 is 34.8 Å². The number of benzene rings is 3. The quantitative estimate of drug-likeness (QED) is 0.349. The molecule has 0 saturated carbocycles. The highest BCUT2D eigenvalue weighted by Crippen LogP contribution is 2.32. The number of aryl methyl sites for hydroxylation is 3. The van der Waals surface area contributed by atoms with Crippen LogP contribution in [0.3, 0.4) is 0 Å². The van der Waals surface area contributed by atoms with Crippen molar-refractivity contribution in [2.24, 2.45) is 0 Å². The summed E-state index contributed by atoms with van der Waals surface area (Å²) in [5.41, 5.74) is 3.39. The molecule has 3 rings (SSSR count). The van der Waals surface area contributed by atoms with Crippen molar-refractivity contribution in [3.05, 3.63) is 80.3 Å². The molecule has 0 spiro atoms. The molecule has 0 aliphatic rings. The number of ether oxygens (including phenoxy) is 1. The summed E-state index contributed by atoms with van der Waals surface area (Å²) < 4.78 is 33.7. The van der Waals surface area contributed by atoms with Gasteiger partial charge in [-0.2, -0.15) is 0 Å². The van der Waals surface area contributed by atoms with Gasteiger partial charge in [0.05, 0.1) is 25.7 Å². The average molecular weight is 528 g/mol. The van der Waals surface area contributed by atoms with E-state index >= 15 is 0 Å². The largest absolute Gasteiger partial charge is 0.483 e. The molecule has 1 amide bonds. The lowest BCUT2D eigenvalue weighted by Gasteiger charge is -2.13. The van der Waals surface area contributed by atoms with E-state index in [1.807, 2.05) is 19.9 Å². The lowest BCUT2D eigenvalue weighted by atomic mass is 10.1. The van der Waals surface area contributed by atoms with E-state index in [9.17, 15) is 13.2 Å². The summed E-state index contributed by atoms with van der Waals surface area (Å²) in [6, 6.07) is 12.6. The zero-order valence-corrected chi connectivity index (χ0v) is 21.1. The van der Waals surface area contributed by atoms with E-state index in [-0.39, 0.29) is 26.6 Å². The summed E-state index contributed by atoms with van der Waals surface area (Å²) in [4.78, 5) is 12.3. The van der Waals surface area contributed by atoms with Crippen molar-refractivity contribution in [1.82, 2.24) is 0 Å². The van der Waals surface area contributed by atoms with Crippen LogP contribution in [0.4, 0.5) is 11.4 Å². The van der Waals surface area contributed by atoms with Crippen LogP contribution in [-0.4, -0.2) is 20.9 Å². The van der Waals surface area contributed by atoms with E-state index in [2.05, 4.69) is 10.0 Å². The topological polar surface area (TPSA) is 84.5 Å². The second kappa shape index (κ2) is 10.2. The number of carbonyl (C=O) groups excluding carboxylic acids is 1. The van der Waals surface area contributed by atoms with Gasteiger partial charge in [0.15, 0.2) is 6.61 Å². The Morgan fingerprint density at radius 3 is 2.21 bits per heavy atom. The normalized spacial score (nSPS) is 11.2. The van der Waals surface area contributed by atoms with Crippen LogP contribution in [0.5, 0.6) is 5.75 Å². The van der Waals surface area contributed by atoms with E-state index < -0.39 is 15.9 Å². The minimum Gasteiger partial charge on any atom is -0.483 e. The van der Waals surface area contributed by atoms with Gasteiger partial charge in [-0.15, -0.1) is 0 Å². The molecule has 0 radical (unpaired) electrons. The first-order valence-electron chi connectivity index (χ1n) is 9.74. The Hall–Kier alpha value is -2.45. The molecule has 6 nitrogen and oxygen atoms in total. The first-order valence-corrected chi connectivity index (χ1v) is 12.4. The Kier molecular flexibility index (Phi) is 7.80. The third-order valence-corrected chi connectivity index (χ3v) is 7.27. The molecule has 3 aromatic carbocycles. The molecule has 174 valence electrons. The Balaban J connectivity index is 1.67. The van der Waals surface area contributed by atoms with Gasteiger partial charge in [-0.25, -0.2) is 8.42 Å². The standard InChI is InChI=1S/C23H21Cl3N2O4S/c1-13-4-5-16(8-14(13)2)28-33(30,31)17-6-7-22(15(3)9-17)32-12-23(29)27-21-11-19(25)18(24)10-20(21)26/h4-11,28H,12H2,1-3H3,(H,27,29). The monoisotopic (exact) mass is 526 g/mol. The van der Waals surface area contributed by atoms with Gasteiger partial charge in [-0.05, 0) is 79.9 Å². The molecule has 0 aliphatic heterocycles. The second-order valence-corrected chi connectivity index (χ2v) is 10.3. The fourth-order valence-electron chi connectivity index (χ4n) is 2.92. The number of hydrogen-bond donors (Lipinski definition) is 2. The number of hydrogen-bond acceptors (Lipinski definition) is 4. The number of sulfonamides is 1. The maximum atomic E-state index is 12.8. The maximum Gasteiger partial charge on any atom is 0.262 e. The lowest BCUT2D eigenvalue weighted by molar-refractivity contribution is -0.118. The molecule has 0 aliphatic carbocycles. The molecule has 0 fully saturated rings. The summed E-state index contributed by atoms with van der Waals surface area (Å²) in [6.45, 7) is 5.24. The fourth-order valence-corrected chi connectivity index (χ4v) is 4.65. The predicted molar refractivity (Wildman–Crippen MR) is 134 cm³/mol. The van der Waals surface area contributed by atoms with Crippen LogP contribution < -0.4 is 14.8 Å². The van der Waals surface area contributed by atoms with Crippen molar-refractivity contribution in [3.63, 3.8) is 0 Å². The van der Waals surface area contributed by atoms with Crippen LogP contribution in [0.1, 0.15) is 16.7 Å². The summed E-state index contributed by atoms with van der Waals surface area (Å²) in [5, 5.41) is 3.35. The van der Waals surface area contributed by atoms with Crippen LogP contribution in [0, 0.1) is 20.8 Å². The van der Waals surface area contributed by atoms with Crippen LogP contribution in [0.25, 0.3) is 0 Å². The van der Waals surface area contributed by atoms with Gasteiger partial charge in [0.1, 0.15) is 5.75 Å². The Morgan fingerprint density at radius 1 is 0.848 bits per heavy atom. The van der Waals surface area contributed by atoms with Crippen molar-refractivity contribution in [1.29, 1.82) is 0 Å². The van der Waals surface area contributed by atoms with Gasteiger partial charge < -0.3 is 10.1 Å². The van der Waals surface area contributed by atoms with Crippen LogP contribution in [0.15, 0.2) is 53.4 Å². The van der Waals surface area contributed by atoms with E-state index in [1.165, 1.54) is 30.3 Å². The van der Waals surface area contributed by atoms with Crippen molar-refractivity contribution < 1.29 is 17.9 Å². The van der Waals surface area contributed by atoms with Gasteiger partial charge in [0.25, 0.3) is 15.9 Å². The van der Waals surface area contributed by atoms with Gasteiger partial charge in [-0.3, -0.25) is 9.52 Å². The lowest BCUT2D eigenvalue weighted by Crippen LogP contribution is -2.20. The summed E-state index contributed by atoms with van der Waals surface area (Å²) >= 11 is 17.9. The average Bonchev–Trinajstić information content (AvgIpc) is 2.73. The second-order valence-electron chi connectivity index (χ2n) is 7.41. The number of carbonyl (C=O) groups is 1. The zero-order valence-electron chi connectivity index (χ0n) is 18.0. The smallest absolute Gasteiger partial charge is 0.262 e. The SMILES string of the molecule is Cc1ccc(NS(=O)(=O)c2ccc(OCC(=O)Nc3cc(Cl)c(Cl)cc3Cl)c(C)c2)cc1C. The zero-order chi connectivity index (χ0) is 24.3. The molecule has 0 saturated heterocycles. The van der Waals surface area contributed by atoms with Gasteiger partial charge in [-0.1, -0.05) is 40.9 Å². The van der Waals surface area contributed by atoms with E-state index in [0.29, 0.717) is 22.7 Å². The van der Waals surface area contributed by atoms with Crippen molar-refractivity contribution >= 4 is 62.1 Å². The van der Waals surface area contributed by atoms with E-state index in [1.54, 1.807) is 19.1 Å². The number of halogens is 3. The minimum absolute atomic E-state index is 0.0811. The van der Waals surface area contributed by atoms with Crippen molar-refractivity contribution in [3.8, 4) is 5.75 Å². The molecule has 0 bridgehead atoms. The summed E-state index contributed by atoms with van der Waals surface area (Å²) in [6.07, 6.45) is 0. The molecule has 0 atom stereocenters. The van der Waals surface area contributed by atoms with Crippen LogP contribution in [0.2, 0.25) is 15.1 Å². The summed E-state index contributed by atoms with van der Waals surface area (Å²) in [7, 11) is -3.79. The summed E-state index contributed by atoms with van der Waals surface area (Å²) in [5.74, 6) is -0.0988. The van der Waals surface area contributed by atoms with Gasteiger partial charge >= 0.3 is 0 Å². The molecule has 3 aromatic rings. The fraction of sp³-hybridized carbons (Fsp3) is 0.174. The van der Waals surface area contributed by atoms with Crippen molar-refractivity contribution in [2.45, 2.75) is 25.7 Å². The first kappa shape index (κ1) is 25.2. The third-order valence-electron chi connectivity index (χ3n) is 4.86. The van der Waals surface area contributed by atoms with Crippen molar-refractivity contribution in [2.75, 3.05) is 16.6 Å². The highest BCUT2D eigenvalue weighted by molar-refractivity contribution is 7.92. The van der Waals surface area contributed by atoms with E-state index in [4.69, 9.17) is 39.5 Å². The molecule has 0 heterocycles. The Labute approximate surface area is 207 Å². The Morgan fingerprint density at radius 2 is 1.55 bits per heavy atom. The number of nitrogens with one attached hydrogen (secondary N) is 2. The third kappa shape index (κ3) is 6.32. The van der Waals surface area contributed by atoms with Gasteiger partial charge in [0.2, 0.25) is 0 Å². The highest BCUT2D eigenvalue weighted by atomic mass is 35.5.